The van der Waals surface area contributed by atoms with E-state index >= 15 is 0 Å². The van der Waals surface area contributed by atoms with Crippen LogP contribution in [-0.2, 0) is 6.54 Å². The molecule has 1 N–H and O–H groups in total. The minimum absolute atomic E-state index is 0.820. The van der Waals surface area contributed by atoms with Crippen LogP contribution in [0.4, 0.5) is 5.69 Å². The monoisotopic (exact) mass is 305 g/mol. The van der Waals surface area contributed by atoms with E-state index in [1.807, 2.05) is 24.3 Å². The normalized spacial score (nSPS) is 10.2. The fourth-order valence-electron chi connectivity index (χ4n) is 1.73. The van der Waals surface area contributed by atoms with E-state index in [4.69, 9.17) is 4.74 Å². The van der Waals surface area contributed by atoms with E-state index in [2.05, 4.69) is 46.4 Å². The van der Waals surface area contributed by atoms with Crippen molar-refractivity contribution < 1.29 is 4.74 Å². The van der Waals surface area contributed by atoms with Gasteiger partial charge in [0.15, 0.2) is 0 Å². The summed E-state index contributed by atoms with van der Waals surface area (Å²) in [4.78, 5) is 0. The number of ether oxygens (including phenoxy) is 1. The van der Waals surface area contributed by atoms with Crippen LogP contribution in [0.25, 0.3) is 0 Å². The number of aryl methyl sites for hydroxylation is 1. The van der Waals surface area contributed by atoms with Crippen molar-refractivity contribution in [2.45, 2.75) is 13.5 Å². The van der Waals surface area contributed by atoms with Crippen LogP contribution in [0.3, 0.4) is 0 Å². The molecule has 94 valence electrons. The maximum atomic E-state index is 5.13. The molecular formula is C15H16BrNO. The van der Waals surface area contributed by atoms with Crippen molar-refractivity contribution in [2.24, 2.45) is 0 Å². The van der Waals surface area contributed by atoms with E-state index in [0.717, 1.165) is 22.5 Å². The molecule has 0 aliphatic carbocycles. The third kappa shape index (κ3) is 3.26. The van der Waals surface area contributed by atoms with Crippen LogP contribution in [-0.4, -0.2) is 7.11 Å². The molecule has 0 unspecified atom stereocenters. The number of hydrogen-bond donors (Lipinski definition) is 1. The highest BCUT2D eigenvalue weighted by molar-refractivity contribution is 9.10. The van der Waals surface area contributed by atoms with Crippen molar-refractivity contribution in [3.8, 4) is 5.75 Å². The second kappa shape index (κ2) is 5.91. The average Bonchev–Trinajstić information content (AvgIpc) is 2.41. The van der Waals surface area contributed by atoms with Gasteiger partial charge in [0, 0.05) is 16.7 Å². The van der Waals surface area contributed by atoms with Crippen LogP contribution in [0.15, 0.2) is 46.9 Å². The van der Waals surface area contributed by atoms with Gasteiger partial charge in [0.25, 0.3) is 0 Å². The smallest absolute Gasteiger partial charge is 0.119 e. The highest BCUT2D eigenvalue weighted by atomic mass is 79.9. The van der Waals surface area contributed by atoms with Crippen LogP contribution in [0.1, 0.15) is 11.1 Å². The molecule has 2 nitrogen and oxygen atoms in total. The minimum atomic E-state index is 0.820. The predicted molar refractivity (Wildman–Crippen MR) is 79.2 cm³/mol. The zero-order valence-electron chi connectivity index (χ0n) is 10.5. The summed E-state index contributed by atoms with van der Waals surface area (Å²) in [7, 11) is 1.67. The Bertz CT molecular complexity index is 523. The molecule has 18 heavy (non-hydrogen) atoms. The first-order valence-corrected chi connectivity index (χ1v) is 6.61. The lowest BCUT2D eigenvalue weighted by Crippen LogP contribution is -1.99. The van der Waals surface area contributed by atoms with Gasteiger partial charge in [0.1, 0.15) is 5.75 Å². The molecule has 0 amide bonds. The minimum Gasteiger partial charge on any atom is -0.497 e. The second-order valence-corrected chi connectivity index (χ2v) is 5.02. The Labute approximate surface area is 116 Å². The van der Waals surface area contributed by atoms with Gasteiger partial charge in [-0.15, -0.1) is 0 Å². The zero-order valence-corrected chi connectivity index (χ0v) is 12.1. The molecule has 0 saturated heterocycles. The Balaban J connectivity index is 1.99. The summed E-state index contributed by atoms with van der Waals surface area (Å²) in [6.45, 7) is 2.92. The summed E-state index contributed by atoms with van der Waals surface area (Å²) < 4.78 is 6.28. The van der Waals surface area contributed by atoms with E-state index in [-0.39, 0.29) is 0 Å². The first-order valence-electron chi connectivity index (χ1n) is 5.82. The van der Waals surface area contributed by atoms with Gasteiger partial charge >= 0.3 is 0 Å². The molecule has 0 radical (unpaired) electrons. The third-order valence-corrected chi connectivity index (χ3v) is 3.70. The van der Waals surface area contributed by atoms with E-state index < -0.39 is 0 Å². The van der Waals surface area contributed by atoms with E-state index in [1.165, 1.54) is 11.1 Å². The van der Waals surface area contributed by atoms with Crippen LogP contribution in [0.5, 0.6) is 5.75 Å². The summed E-state index contributed by atoms with van der Waals surface area (Å²) in [6.07, 6.45) is 0. The van der Waals surface area contributed by atoms with Crippen LogP contribution in [0, 0.1) is 6.92 Å². The molecule has 0 aromatic heterocycles. The van der Waals surface area contributed by atoms with Crippen LogP contribution >= 0.6 is 15.9 Å². The van der Waals surface area contributed by atoms with E-state index in [9.17, 15) is 0 Å². The number of methoxy groups -OCH3 is 1. The first-order chi connectivity index (χ1) is 8.69. The molecule has 2 aromatic rings. The molecule has 0 saturated carbocycles. The number of benzene rings is 2. The van der Waals surface area contributed by atoms with E-state index in [1.54, 1.807) is 7.11 Å². The Kier molecular flexibility index (Phi) is 4.26. The standard InChI is InChI=1S/C15H16BrNO/c1-11-9-12(3-8-15(11)16)10-17-13-4-6-14(18-2)7-5-13/h3-9,17H,10H2,1-2H3. The lowest BCUT2D eigenvalue weighted by atomic mass is 10.1. The molecule has 0 fully saturated rings. The molecule has 0 spiro atoms. The Morgan fingerprint density at radius 3 is 2.44 bits per heavy atom. The van der Waals surface area contributed by atoms with Gasteiger partial charge in [-0.25, -0.2) is 0 Å². The van der Waals surface area contributed by atoms with Gasteiger partial charge in [-0.2, -0.15) is 0 Å². The summed E-state index contributed by atoms with van der Waals surface area (Å²) in [5.41, 5.74) is 3.62. The number of anilines is 1. The summed E-state index contributed by atoms with van der Waals surface area (Å²) >= 11 is 3.51. The Morgan fingerprint density at radius 1 is 1.11 bits per heavy atom. The summed E-state index contributed by atoms with van der Waals surface area (Å²) in [5.74, 6) is 0.875. The largest absolute Gasteiger partial charge is 0.497 e. The number of halogens is 1. The second-order valence-electron chi connectivity index (χ2n) is 4.17. The lowest BCUT2D eigenvalue weighted by molar-refractivity contribution is 0.415. The molecule has 0 atom stereocenters. The molecule has 0 aliphatic rings. The van der Waals surface area contributed by atoms with Gasteiger partial charge in [-0.3, -0.25) is 0 Å². The molecule has 3 heteroatoms. The molecule has 0 aliphatic heterocycles. The van der Waals surface area contributed by atoms with E-state index in [0.29, 0.717) is 0 Å². The molecule has 0 bridgehead atoms. The van der Waals surface area contributed by atoms with Crippen molar-refractivity contribution in [1.82, 2.24) is 0 Å². The number of nitrogens with one attached hydrogen (secondary N) is 1. The average molecular weight is 306 g/mol. The van der Waals surface area contributed by atoms with Gasteiger partial charge in [-0.1, -0.05) is 28.1 Å². The molecule has 2 aromatic carbocycles. The van der Waals surface area contributed by atoms with Crippen molar-refractivity contribution in [3.05, 3.63) is 58.1 Å². The van der Waals surface area contributed by atoms with Gasteiger partial charge < -0.3 is 10.1 Å². The fraction of sp³-hybridized carbons (Fsp3) is 0.200. The third-order valence-electron chi connectivity index (χ3n) is 2.81. The fourth-order valence-corrected chi connectivity index (χ4v) is 1.98. The van der Waals surface area contributed by atoms with Crippen molar-refractivity contribution >= 4 is 21.6 Å². The highest BCUT2D eigenvalue weighted by Gasteiger charge is 1.98. The SMILES string of the molecule is COc1ccc(NCc2ccc(Br)c(C)c2)cc1. The Hall–Kier alpha value is -1.48. The van der Waals surface area contributed by atoms with Gasteiger partial charge in [-0.05, 0) is 48.4 Å². The Morgan fingerprint density at radius 2 is 1.83 bits per heavy atom. The quantitative estimate of drug-likeness (QED) is 0.905. The maximum Gasteiger partial charge on any atom is 0.119 e. The van der Waals surface area contributed by atoms with Crippen LogP contribution in [0.2, 0.25) is 0 Å². The van der Waals surface area contributed by atoms with Gasteiger partial charge in [0.05, 0.1) is 7.11 Å². The van der Waals surface area contributed by atoms with Gasteiger partial charge in [0.2, 0.25) is 0 Å². The molecule has 2 rings (SSSR count). The summed E-state index contributed by atoms with van der Waals surface area (Å²) in [5, 5.41) is 3.39. The van der Waals surface area contributed by atoms with Crippen molar-refractivity contribution in [1.29, 1.82) is 0 Å². The molecular weight excluding hydrogens is 290 g/mol. The maximum absolute atomic E-state index is 5.13. The molecule has 0 heterocycles. The van der Waals surface area contributed by atoms with Crippen molar-refractivity contribution in [3.63, 3.8) is 0 Å². The zero-order chi connectivity index (χ0) is 13.0. The summed E-state index contributed by atoms with van der Waals surface area (Å²) in [6, 6.07) is 14.3. The number of hydrogen-bond acceptors (Lipinski definition) is 2. The lowest BCUT2D eigenvalue weighted by Gasteiger charge is -2.08. The van der Waals surface area contributed by atoms with Crippen molar-refractivity contribution in [2.75, 3.05) is 12.4 Å². The first kappa shape index (κ1) is 13.0. The number of rotatable bonds is 4. The topological polar surface area (TPSA) is 21.3 Å². The highest BCUT2D eigenvalue weighted by Crippen LogP contribution is 2.19. The predicted octanol–water partition coefficient (Wildman–Crippen LogP) is 4.38. The van der Waals surface area contributed by atoms with Crippen LogP contribution < -0.4 is 10.1 Å².